The highest BCUT2D eigenvalue weighted by atomic mass is 35.5. The van der Waals surface area contributed by atoms with Gasteiger partial charge in [0.05, 0.1) is 0 Å². The van der Waals surface area contributed by atoms with Crippen LogP contribution in [-0.2, 0) is 34.4 Å². The predicted molar refractivity (Wildman–Crippen MR) is 199 cm³/mol. The van der Waals surface area contributed by atoms with Crippen LogP contribution >= 0.6 is 24.8 Å². The zero-order valence-electron chi connectivity index (χ0n) is 28.4. The molecule has 2 aliphatic rings. The highest BCUT2D eigenvalue weighted by Crippen LogP contribution is 2.34. The zero-order chi connectivity index (χ0) is 31.6. The molecular formula is C36H58Cl2O6S2. The second-order valence-electron chi connectivity index (χ2n) is 12.1. The summed E-state index contributed by atoms with van der Waals surface area (Å²) in [6.45, 7) is 9.23. The van der Waals surface area contributed by atoms with Crippen molar-refractivity contribution < 1.29 is 27.4 Å². The second-order valence-corrected chi connectivity index (χ2v) is 16.1. The Labute approximate surface area is 296 Å². The molecule has 4 unspecified atom stereocenters. The summed E-state index contributed by atoms with van der Waals surface area (Å²) >= 11 is 0. The lowest BCUT2D eigenvalue weighted by Gasteiger charge is -2.12. The number of hydrogen-bond acceptors (Lipinski definition) is 6. The summed E-state index contributed by atoms with van der Waals surface area (Å²) in [6, 6.07) is 12.0. The number of halogens is 2. The van der Waals surface area contributed by atoms with E-state index in [0.717, 1.165) is 60.2 Å². The summed E-state index contributed by atoms with van der Waals surface area (Å²) in [5.41, 5.74) is 2.35. The van der Waals surface area contributed by atoms with Gasteiger partial charge < -0.3 is 18.9 Å². The van der Waals surface area contributed by atoms with Crippen LogP contribution in [0.2, 0.25) is 0 Å². The first-order valence-corrected chi connectivity index (χ1v) is 19.7. The van der Waals surface area contributed by atoms with E-state index in [1.54, 1.807) is 0 Å². The van der Waals surface area contributed by atoms with Crippen molar-refractivity contribution in [1.82, 2.24) is 0 Å². The van der Waals surface area contributed by atoms with Crippen LogP contribution in [0.5, 0.6) is 23.0 Å². The second kappa shape index (κ2) is 24.6. The Morgan fingerprint density at radius 2 is 0.891 bits per heavy atom. The first kappa shape index (κ1) is 42.5. The molecule has 6 nitrogen and oxygen atoms in total. The molecule has 0 spiro atoms. The summed E-state index contributed by atoms with van der Waals surface area (Å²) in [5, 5.41) is 0.382. The largest absolute Gasteiger partial charge is 0.454 e. The van der Waals surface area contributed by atoms with Gasteiger partial charge in [-0.15, -0.1) is 24.8 Å². The fourth-order valence-corrected chi connectivity index (χ4v) is 7.98. The third kappa shape index (κ3) is 15.6. The van der Waals surface area contributed by atoms with E-state index < -0.39 is 21.6 Å². The molecule has 46 heavy (non-hydrogen) atoms. The van der Waals surface area contributed by atoms with Gasteiger partial charge in [0.2, 0.25) is 13.6 Å². The van der Waals surface area contributed by atoms with Gasteiger partial charge in [-0.1, -0.05) is 104 Å². The third-order valence-corrected chi connectivity index (χ3v) is 11.7. The van der Waals surface area contributed by atoms with Crippen LogP contribution in [0.4, 0.5) is 0 Å². The van der Waals surface area contributed by atoms with Gasteiger partial charge in [0.25, 0.3) is 0 Å². The topological polar surface area (TPSA) is 71.1 Å². The Morgan fingerprint density at radius 1 is 0.543 bits per heavy atom. The Morgan fingerprint density at radius 3 is 1.28 bits per heavy atom. The molecule has 4 atom stereocenters. The summed E-state index contributed by atoms with van der Waals surface area (Å²) in [4.78, 5) is 0. The lowest BCUT2D eigenvalue weighted by atomic mass is 10.1. The maximum absolute atomic E-state index is 12.3. The molecule has 2 heterocycles. The van der Waals surface area contributed by atoms with Crippen LogP contribution < -0.4 is 18.9 Å². The van der Waals surface area contributed by atoms with Crippen molar-refractivity contribution in [1.29, 1.82) is 0 Å². The van der Waals surface area contributed by atoms with Crippen LogP contribution in [0.1, 0.15) is 116 Å². The van der Waals surface area contributed by atoms with E-state index in [9.17, 15) is 8.42 Å². The van der Waals surface area contributed by atoms with Crippen molar-refractivity contribution in [3.05, 3.63) is 47.5 Å². The molecule has 0 aromatic heterocycles. The molecule has 2 aromatic carbocycles. The number of fused-ring (bicyclic) bond motifs is 2. The molecule has 2 aromatic rings. The molecule has 0 amide bonds. The molecular weight excluding hydrogens is 663 g/mol. The van der Waals surface area contributed by atoms with E-state index in [0.29, 0.717) is 13.6 Å². The van der Waals surface area contributed by atoms with Crippen LogP contribution in [0, 0.1) is 0 Å². The maximum atomic E-state index is 12.3. The molecule has 10 heteroatoms. The molecule has 4 rings (SSSR count). The number of ether oxygens (including phenoxy) is 4. The van der Waals surface area contributed by atoms with E-state index in [4.69, 9.17) is 18.9 Å². The average molecular weight is 722 g/mol. The van der Waals surface area contributed by atoms with Gasteiger partial charge in [-0.05, 0) is 61.1 Å². The predicted octanol–water partition coefficient (Wildman–Crippen LogP) is 9.75. The van der Waals surface area contributed by atoms with Crippen LogP contribution in [-0.4, -0.2) is 44.0 Å². The van der Waals surface area contributed by atoms with E-state index in [1.165, 1.54) is 75.3 Å². The van der Waals surface area contributed by atoms with E-state index >= 15 is 0 Å². The van der Waals surface area contributed by atoms with Crippen molar-refractivity contribution in [3.8, 4) is 23.0 Å². The Kier molecular flexibility index (Phi) is 22.8. The fourth-order valence-electron chi connectivity index (χ4n) is 5.44. The van der Waals surface area contributed by atoms with E-state index in [-0.39, 0.29) is 35.3 Å². The molecule has 0 saturated carbocycles. The van der Waals surface area contributed by atoms with Crippen molar-refractivity contribution >= 4 is 46.4 Å². The number of hydrogen-bond donors (Lipinski definition) is 0. The van der Waals surface area contributed by atoms with E-state index in [2.05, 4.69) is 27.7 Å². The minimum atomic E-state index is -0.743. The number of rotatable bonds is 20. The van der Waals surface area contributed by atoms with Gasteiger partial charge >= 0.3 is 0 Å². The van der Waals surface area contributed by atoms with Gasteiger partial charge in [-0.3, -0.25) is 8.42 Å². The van der Waals surface area contributed by atoms with Gasteiger partial charge in [0.15, 0.2) is 23.0 Å². The number of benzene rings is 2. The maximum Gasteiger partial charge on any atom is 0.231 e. The summed E-state index contributed by atoms with van der Waals surface area (Å²) < 4.78 is 46.1. The molecule has 0 radical (unpaired) electrons. The van der Waals surface area contributed by atoms with Crippen molar-refractivity contribution in [2.75, 3.05) is 25.1 Å². The summed E-state index contributed by atoms with van der Waals surface area (Å²) in [6.07, 6.45) is 16.6. The van der Waals surface area contributed by atoms with Crippen molar-refractivity contribution in [2.24, 2.45) is 0 Å². The standard InChI is InChI=1S/2C18H28O3S.2ClH/c2*1-3-4-5-6-7-8-11-22(19)15(2)12-16-9-10-17-18(13-16)21-14-20-17;;/h2*9-10,13,15H,3-8,11-12,14H2,1-2H3;2*1H. The minimum Gasteiger partial charge on any atom is -0.454 e. The van der Waals surface area contributed by atoms with Gasteiger partial charge in [0, 0.05) is 43.6 Å². The fraction of sp³-hybridized carbons (Fsp3) is 0.667. The third-order valence-electron chi connectivity index (χ3n) is 8.22. The molecule has 0 aliphatic carbocycles. The van der Waals surface area contributed by atoms with Gasteiger partial charge in [-0.2, -0.15) is 0 Å². The highest BCUT2D eigenvalue weighted by molar-refractivity contribution is 7.85. The number of unbranched alkanes of at least 4 members (excludes halogenated alkanes) is 10. The first-order valence-electron chi connectivity index (χ1n) is 16.9. The summed E-state index contributed by atoms with van der Waals surface area (Å²) in [7, 11) is -1.49. The normalized spacial score (nSPS) is 15.0. The van der Waals surface area contributed by atoms with Crippen molar-refractivity contribution in [3.63, 3.8) is 0 Å². The Hall–Kier alpha value is -1.48. The van der Waals surface area contributed by atoms with Gasteiger partial charge in [-0.25, -0.2) is 0 Å². The SMILES string of the molecule is CCCCCCCCS(=O)C(C)Cc1ccc2c(c1)OCO2.CCCCCCCCS(=O)C(C)Cc1ccc2c(c1)OCO2.Cl.Cl. The molecule has 0 saturated heterocycles. The quantitative estimate of drug-likeness (QED) is 0.127. The van der Waals surface area contributed by atoms with Crippen molar-refractivity contribution in [2.45, 2.75) is 128 Å². The minimum absolute atomic E-state index is 0. The zero-order valence-corrected chi connectivity index (χ0v) is 31.7. The summed E-state index contributed by atoms with van der Waals surface area (Å²) in [5.74, 6) is 4.91. The molecule has 0 fully saturated rings. The first-order chi connectivity index (χ1) is 21.4. The Balaban J connectivity index is 0.000000441. The lowest BCUT2D eigenvalue weighted by Crippen LogP contribution is -2.16. The van der Waals surface area contributed by atoms with Crippen LogP contribution in [0.3, 0.4) is 0 Å². The monoisotopic (exact) mass is 720 g/mol. The molecule has 0 N–H and O–H groups in total. The van der Waals surface area contributed by atoms with Gasteiger partial charge in [0.1, 0.15) is 0 Å². The lowest BCUT2D eigenvalue weighted by molar-refractivity contribution is 0.173. The van der Waals surface area contributed by atoms with Crippen LogP contribution in [0.25, 0.3) is 0 Å². The molecule has 2 aliphatic heterocycles. The molecule has 0 bridgehead atoms. The van der Waals surface area contributed by atoms with E-state index in [1.807, 2.05) is 36.4 Å². The molecule has 264 valence electrons. The van der Waals surface area contributed by atoms with Crippen LogP contribution in [0.15, 0.2) is 36.4 Å². The Bertz CT molecular complexity index is 1080. The average Bonchev–Trinajstić information content (AvgIpc) is 3.69. The smallest absolute Gasteiger partial charge is 0.231 e. The highest BCUT2D eigenvalue weighted by Gasteiger charge is 2.18.